The maximum absolute atomic E-state index is 5.97. The minimum atomic E-state index is 0.0981. The van der Waals surface area contributed by atoms with Crippen LogP contribution in [-0.4, -0.2) is 7.11 Å². The van der Waals surface area contributed by atoms with Crippen LogP contribution >= 0.6 is 0 Å². The molecule has 18 heavy (non-hydrogen) atoms. The third-order valence-electron chi connectivity index (χ3n) is 2.94. The van der Waals surface area contributed by atoms with Crippen LogP contribution in [0.2, 0.25) is 0 Å². The first-order chi connectivity index (χ1) is 8.81. The van der Waals surface area contributed by atoms with E-state index in [1.165, 1.54) is 5.56 Å². The van der Waals surface area contributed by atoms with Crippen LogP contribution in [0.1, 0.15) is 17.2 Å². The molecule has 3 nitrogen and oxygen atoms in total. The van der Waals surface area contributed by atoms with Crippen molar-refractivity contribution < 1.29 is 4.84 Å². The lowest BCUT2D eigenvalue weighted by Gasteiger charge is -2.18. The molecule has 0 aliphatic heterocycles. The second kappa shape index (κ2) is 6.19. The molecular formula is C15H18N2O. The number of anilines is 1. The quantitative estimate of drug-likeness (QED) is 0.626. The van der Waals surface area contributed by atoms with Crippen molar-refractivity contribution in [2.24, 2.45) is 0 Å². The summed E-state index contributed by atoms with van der Waals surface area (Å²) in [5.41, 5.74) is 12.1. The Morgan fingerprint density at radius 2 is 1.72 bits per heavy atom. The third-order valence-corrected chi connectivity index (χ3v) is 2.94. The van der Waals surface area contributed by atoms with Gasteiger partial charge < -0.3 is 10.6 Å². The topological polar surface area (TPSA) is 47.3 Å². The number of hydrogen-bond acceptors (Lipinski definition) is 3. The normalized spacial score (nSPS) is 12.3. The minimum Gasteiger partial charge on any atom is -0.399 e. The Labute approximate surface area is 108 Å². The summed E-state index contributed by atoms with van der Waals surface area (Å²) in [4.78, 5) is 5.08. The molecule has 0 heterocycles. The Morgan fingerprint density at radius 1 is 1.06 bits per heavy atom. The zero-order chi connectivity index (χ0) is 12.8. The lowest BCUT2D eigenvalue weighted by Crippen LogP contribution is -2.22. The highest BCUT2D eigenvalue weighted by atomic mass is 16.6. The molecule has 3 N–H and O–H groups in total. The van der Waals surface area contributed by atoms with Gasteiger partial charge in [-0.25, -0.2) is 0 Å². The Bertz CT molecular complexity index is 485. The van der Waals surface area contributed by atoms with Crippen LogP contribution in [0, 0.1) is 0 Å². The number of para-hydroxylation sites is 1. The molecule has 0 amide bonds. The van der Waals surface area contributed by atoms with Gasteiger partial charge in [0.1, 0.15) is 0 Å². The molecule has 2 aromatic rings. The molecule has 0 fully saturated rings. The van der Waals surface area contributed by atoms with Crippen molar-refractivity contribution in [3.63, 3.8) is 0 Å². The first kappa shape index (κ1) is 12.6. The molecule has 94 valence electrons. The number of nitrogen functional groups attached to an aromatic ring is 1. The average molecular weight is 242 g/mol. The summed E-state index contributed by atoms with van der Waals surface area (Å²) in [5.74, 6) is 0. The van der Waals surface area contributed by atoms with Crippen molar-refractivity contribution in [2.45, 2.75) is 12.5 Å². The van der Waals surface area contributed by atoms with E-state index in [9.17, 15) is 0 Å². The summed E-state index contributed by atoms with van der Waals surface area (Å²) in [5, 5.41) is 0. The Balaban J connectivity index is 2.19. The van der Waals surface area contributed by atoms with E-state index in [0.29, 0.717) is 0 Å². The van der Waals surface area contributed by atoms with Crippen molar-refractivity contribution in [3.05, 3.63) is 65.7 Å². The van der Waals surface area contributed by atoms with Gasteiger partial charge in [0.15, 0.2) is 0 Å². The molecule has 0 aromatic heterocycles. The highest BCUT2D eigenvalue weighted by Gasteiger charge is 2.12. The largest absolute Gasteiger partial charge is 0.399 e. The zero-order valence-electron chi connectivity index (χ0n) is 10.5. The smallest absolute Gasteiger partial charge is 0.0612 e. The summed E-state index contributed by atoms with van der Waals surface area (Å²) in [7, 11) is 1.63. The second-order valence-corrected chi connectivity index (χ2v) is 4.19. The maximum atomic E-state index is 5.97. The Hall–Kier alpha value is -1.84. The van der Waals surface area contributed by atoms with E-state index in [1.807, 2.05) is 42.5 Å². The van der Waals surface area contributed by atoms with Gasteiger partial charge in [-0.1, -0.05) is 48.5 Å². The lowest BCUT2D eigenvalue weighted by molar-refractivity contribution is 0.0605. The first-order valence-corrected chi connectivity index (χ1v) is 5.98. The fourth-order valence-electron chi connectivity index (χ4n) is 2.00. The molecule has 0 aliphatic carbocycles. The van der Waals surface area contributed by atoms with Gasteiger partial charge >= 0.3 is 0 Å². The number of nitrogens with one attached hydrogen (secondary N) is 1. The number of benzene rings is 2. The molecule has 2 aromatic carbocycles. The van der Waals surface area contributed by atoms with E-state index in [2.05, 4.69) is 17.6 Å². The molecular weight excluding hydrogens is 224 g/mol. The lowest BCUT2D eigenvalue weighted by atomic mass is 9.98. The third kappa shape index (κ3) is 3.09. The number of hydroxylamine groups is 1. The van der Waals surface area contributed by atoms with Crippen LogP contribution in [0.4, 0.5) is 5.69 Å². The van der Waals surface area contributed by atoms with E-state index in [0.717, 1.165) is 17.7 Å². The molecule has 3 heteroatoms. The van der Waals surface area contributed by atoms with Crippen molar-refractivity contribution >= 4 is 5.69 Å². The van der Waals surface area contributed by atoms with Crippen LogP contribution in [0.25, 0.3) is 0 Å². The SMILES string of the molecule is CONC(Cc1ccccc1N)c1ccccc1. The zero-order valence-corrected chi connectivity index (χ0v) is 10.5. The van der Waals surface area contributed by atoms with Crippen LogP contribution < -0.4 is 11.2 Å². The van der Waals surface area contributed by atoms with Gasteiger partial charge in [-0.05, 0) is 23.6 Å². The fourth-order valence-corrected chi connectivity index (χ4v) is 2.00. The number of rotatable bonds is 5. The molecule has 0 saturated carbocycles. The van der Waals surface area contributed by atoms with E-state index < -0.39 is 0 Å². The fraction of sp³-hybridized carbons (Fsp3) is 0.200. The summed E-state index contributed by atoms with van der Waals surface area (Å²) < 4.78 is 0. The highest BCUT2D eigenvalue weighted by Crippen LogP contribution is 2.21. The number of hydrogen-bond donors (Lipinski definition) is 2. The Morgan fingerprint density at radius 3 is 2.39 bits per heavy atom. The van der Waals surface area contributed by atoms with Gasteiger partial charge in [-0.2, -0.15) is 5.48 Å². The van der Waals surface area contributed by atoms with E-state index >= 15 is 0 Å². The van der Waals surface area contributed by atoms with Gasteiger partial charge in [0, 0.05) is 5.69 Å². The highest BCUT2D eigenvalue weighted by molar-refractivity contribution is 5.47. The summed E-state index contributed by atoms with van der Waals surface area (Å²) in [6.07, 6.45) is 0.796. The minimum absolute atomic E-state index is 0.0981. The van der Waals surface area contributed by atoms with E-state index in [4.69, 9.17) is 10.6 Å². The van der Waals surface area contributed by atoms with E-state index in [-0.39, 0.29) is 6.04 Å². The van der Waals surface area contributed by atoms with Gasteiger partial charge in [0.25, 0.3) is 0 Å². The predicted molar refractivity (Wildman–Crippen MR) is 73.9 cm³/mol. The van der Waals surface area contributed by atoms with Gasteiger partial charge in [-0.3, -0.25) is 0 Å². The monoisotopic (exact) mass is 242 g/mol. The van der Waals surface area contributed by atoms with Crippen molar-refractivity contribution in [1.82, 2.24) is 5.48 Å². The molecule has 0 bridgehead atoms. The summed E-state index contributed by atoms with van der Waals surface area (Å²) in [6.45, 7) is 0. The average Bonchev–Trinajstić information content (AvgIpc) is 2.42. The van der Waals surface area contributed by atoms with Crippen LogP contribution in [0.15, 0.2) is 54.6 Å². The summed E-state index contributed by atoms with van der Waals surface area (Å²) >= 11 is 0. The van der Waals surface area contributed by atoms with Crippen molar-refractivity contribution in [2.75, 3.05) is 12.8 Å². The van der Waals surface area contributed by atoms with Crippen molar-refractivity contribution in [3.8, 4) is 0 Å². The molecule has 1 atom stereocenters. The Kier molecular flexibility index (Phi) is 4.34. The molecule has 0 radical (unpaired) electrons. The summed E-state index contributed by atoms with van der Waals surface area (Å²) in [6, 6.07) is 18.2. The number of nitrogens with two attached hydrogens (primary N) is 1. The first-order valence-electron chi connectivity index (χ1n) is 5.98. The standard InChI is InChI=1S/C15H18N2O/c1-18-17-15(12-7-3-2-4-8-12)11-13-9-5-6-10-14(13)16/h2-10,15,17H,11,16H2,1H3. The van der Waals surface area contributed by atoms with E-state index in [1.54, 1.807) is 7.11 Å². The molecule has 0 spiro atoms. The molecule has 2 rings (SSSR count). The van der Waals surface area contributed by atoms with Crippen LogP contribution in [0.3, 0.4) is 0 Å². The predicted octanol–water partition coefficient (Wildman–Crippen LogP) is 2.70. The van der Waals surface area contributed by atoms with Gasteiger partial charge in [0.2, 0.25) is 0 Å². The van der Waals surface area contributed by atoms with Crippen LogP contribution in [0.5, 0.6) is 0 Å². The molecule has 1 unspecified atom stereocenters. The van der Waals surface area contributed by atoms with Gasteiger partial charge in [0.05, 0.1) is 13.2 Å². The molecule has 0 aliphatic rings. The maximum Gasteiger partial charge on any atom is 0.0612 e. The van der Waals surface area contributed by atoms with Gasteiger partial charge in [-0.15, -0.1) is 0 Å². The van der Waals surface area contributed by atoms with Crippen LogP contribution in [-0.2, 0) is 11.3 Å². The second-order valence-electron chi connectivity index (χ2n) is 4.19. The molecule has 0 saturated heterocycles. The van der Waals surface area contributed by atoms with Crippen molar-refractivity contribution in [1.29, 1.82) is 0 Å².